The summed E-state index contributed by atoms with van der Waals surface area (Å²) in [5.74, 6) is 0.548. The maximum absolute atomic E-state index is 9.04. The highest BCUT2D eigenvalue weighted by molar-refractivity contribution is 5.33. The van der Waals surface area contributed by atoms with Crippen LogP contribution in [0.3, 0.4) is 0 Å². The second-order valence-corrected chi connectivity index (χ2v) is 3.46. The zero-order valence-electron chi connectivity index (χ0n) is 8.68. The molecule has 0 spiro atoms. The third-order valence-corrected chi connectivity index (χ3v) is 1.88. The Kier molecular flexibility index (Phi) is 4.55. The molecule has 0 saturated carbocycles. The van der Waals surface area contributed by atoms with Crippen LogP contribution in [0.1, 0.15) is 18.1 Å². The molecule has 1 rings (SSSR count). The number of aliphatic hydroxyl groups excluding tert-OH is 3. The summed E-state index contributed by atoms with van der Waals surface area (Å²) in [7, 11) is 0. The second kappa shape index (κ2) is 5.70. The molecule has 0 heterocycles. The lowest BCUT2D eigenvalue weighted by molar-refractivity contribution is 0.122. The highest BCUT2D eigenvalue weighted by Gasteiger charge is 2.02. The number of hydrogen-bond donors (Lipinski definition) is 3. The predicted octanol–water partition coefficient (Wildman–Crippen LogP) is 0.431. The van der Waals surface area contributed by atoms with E-state index in [0.29, 0.717) is 16.9 Å². The zero-order chi connectivity index (χ0) is 11.3. The van der Waals surface area contributed by atoms with Gasteiger partial charge in [0.2, 0.25) is 0 Å². The molecule has 0 aromatic heterocycles. The number of aliphatic hydroxyl groups is 3. The van der Waals surface area contributed by atoms with Crippen LogP contribution in [0.25, 0.3) is 0 Å². The van der Waals surface area contributed by atoms with Crippen LogP contribution < -0.4 is 4.74 Å². The van der Waals surface area contributed by atoms with Crippen LogP contribution in [0.4, 0.5) is 0 Å². The van der Waals surface area contributed by atoms with Crippen molar-refractivity contribution in [3.8, 4) is 5.75 Å². The lowest BCUT2D eigenvalue weighted by Crippen LogP contribution is -2.13. The lowest BCUT2D eigenvalue weighted by atomic mass is 10.1. The molecule has 3 N–H and O–H groups in total. The molecule has 0 aliphatic carbocycles. The van der Waals surface area contributed by atoms with E-state index >= 15 is 0 Å². The van der Waals surface area contributed by atoms with Gasteiger partial charge >= 0.3 is 0 Å². The molecule has 0 aliphatic rings. The van der Waals surface area contributed by atoms with Crippen molar-refractivity contribution in [2.45, 2.75) is 26.2 Å². The van der Waals surface area contributed by atoms with Gasteiger partial charge in [0.1, 0.15) is 12.4 Å². The standard InChI is InChI=1S/C11H16O4/c1-8(14)7-15-11-3-9(5-12)2-10(4-11)6-13/h2-4,8,12-14H,5-7H2,1H3. The molecule has 15 heavy (non-hydrogen) atoms. The summed E-state index contributed by atoms with van der Waals surface area (Å²) >= 11 is 0. The van der Waals surface area contributed by atoms with Gasteiger partial charge in [-0.1, -0.05) is 6.07 Å². The number of hydrogen-bond acceptors (Lipinski definition) is 4. The number of ether oxygens (including phenoxy) is 1. The highest BCUT2D eigenvalue weighted by atomic mass is 16.5. The molecule has 4 heteroatoms. The van der Waals surface area contributed by atoms with Crippen molar-refractivity contribution >= 4 is 0 Å². The van der Waals surface area contributed by atoms with E-state index < -0.39 is 6.10 Å². The van der Waals surface area contributed by atoms with Crippen molar-refractivity contribution in [1.29, 1.82) is 0 Å². The minimum Gasteiger partial charge on any atom is -0.491 e. The lowest BCUT2D eigenvalue weighted by Gasteiger charge is -2.10. The molecule has 0 fully saturated rings. The van der Waals surface area contributed by atoms with E-state index in [4.69, 9.17) is 20.1 Å². The normalized spacial score (nSPS) is 12.5. The third-order valence-electron chi connectivity index (χ3n) is 1.88. The predicted molar refractivity (Wildman–Crippen MR) is 55.5 cm³/mol. The Bertz CT molecular complexity index is 287. The van der Waals surface area contributed by atoms with Gasteiger partial charge in [-0.15, -0.1) is 0 Å². The molecule has 0 bridgehead atoms. The quantitative estimate of drug-likeness (QED) is 0.662. The van der Waals surface area contributed by atoms with Crippen molar-refractivity contribution in [1.82, 2.24) is 0 Å². The summed E-state index contributed by atoms with van der Waals surface area (Å²) in [5, 5.41) is 27.0. The number of rotatable bonds is 5. The molecular formula is C11H16O4. The Morgan fingerprint density at radius 1 is 1.13 bits per heavy atom. The van der Waals surface area contributed by atoms with Crippen LogP contribution in [0, 0.1) is 0 Å². The van der Waals surface area contributed by atoms with Gasteiger partial charge in [0.15, 0.2) is 0 Å². The van der Waals surface area contributed by atoms with Crippen LogP contribution in [0.15, 0.2) is 18.2 Å². The molecule has 0 amide bonds. The Morgan fingerprint density at radius 2 is 1.67 bits per heavy atom. The average Bonchev–Trinajstić information content (AvgIpc) is 2.25. The molecular weight excluding hydrogens is 196 g/mol. The summed E-state index contributed by atoms with van der Waals surface area (Å²) in [4.78, 5) is 0. The van der Waals surface area contributed by atoms with Crippen LogP contribution in [-0.4, -0.2) is 28.0 Å². The molecule has 1 atom stereocenters. The third kappa shape index (κ3) is 3.87. The van der Waals surface area contributed by atoms with E-state index in [9.17, 15) is 0 Å². The van der Waals surface area contributed by atoms with Crippen molar-refractivity contribution < 1.29 is 20.1 Å². The van der Waals surface area contributed by atoms with Gasteiger partial charge in [0, 0.05) is 0 Å². The van der Waals surface area contributed by atoms with Crippen molar-refractivity contribution in [3.63, 3.8) is 0 Å². The first-order chi connectivity index (χ1) is 7.15. The van der Waals surface area contributed by atoms with E-state index in [1.165, 1.54) is 0 Å². The molecule has 1 aromatic rings. The molecule has 0 aliphatic heterocycles. The Labute approximate surface area is 88.8 Å². The largest absolute Gasteiger partial charge is 0.491 e. The van der Waals surface area contributed by atoms with E-state index in [0.717, 1.165) is 0 Å². The second-order valence-electron chi connectivity index (χ2n) is 3.46. The fourth-order valence-corrected chi connectivity index (χ4v) is 1.21. The Morgan fingerprint density at radius 3 is 2.07 bits per heavy atom. The van der Waals surface area contributed by atoms with Gasteiger partial charge in [-0.05, 0) is 30.2 Å². The maximum atomic E-state index is 9.04. The molecule has 0 saturated heterocycles. The topological polar surface area (TPSA) is 69.9 Å². The number of benzene rings is 1. The first-order valence-electron chi connectivity index (χ1n) is 4.81. The SMILES string of the molecule is CC(O)COc1cc(CO)cc(CO)c1. The van der Waals surface area contributed by atoms with Crippen LogP contribution in [0.5, 0.6) is 5.75 Å². The Balaban J connectivity index is 2.77. The van der Waals surface area contributed by atoms with Crippen LogP contribution in [-0.2, 0) is 13.2 Å². The van der Waals surface area contributed by atoms with Gasteiger partial charge in [-0.3, -0.25) is 0 Å². The van der Waals surface area contributed by atoms with Gasteiger partial charge in [0.05, 0.1) is 19.3 Å². The molecule has 1 aromatic carbocycles. The highest BCUT2D eigenvalue weighted by Crippen LogP contribution is 2.17. The first-order valence-corrected chi connectivity index (χ1v) is 4.81. The van der Waals surface area contributed by atoms with E-state index in [2.05, 4.69) is 0 Å². The minimum absolute atomic E-state index is 0.0983. The van der Waals surface area contributed by atoms with Gasteiger partial charge in [-0.2, -0.15) is 0 Å². The van der Waals surface area contributed by atoms with Crippen molar-refractivity contribution in [2.24, 2.45) is 0 Å². The summed E-state index contributed by atoms with van der Waals surface area (Å²) in [6.45, 7) is 1.63. The molecule has 4 nitrogen and oxygen atoms in total. The summed E-state index contributed by atoms with van der Waals surface area (Å²) in [6.07, 6.45) is -0.541. The van der Waals surface area contributed by atoms with Crippen LogP contribution in [0.2, 0.25) is 0 Å². The molecule has 1 unspecified atom stereocenters. The summed E-state index contributed by atoms with van der Waals surface area (Å²) in [5.41, 5.74) is 1.37. The molecule has 0 radical (unpaired) electrons. The van der Waals surface area contributed by atoms with Crippen molar-refractivity contribution in [2.75, 3.05) is 6.61 Å². The maximum Gasteiger partial charge on any atom is 0.120 e. The van der Waals surface area contributed by atoms with Gasteiger partial charge in [0.25, 0.3) is 0 Å². The molecule has 84 valence electrons. The average molecular weight is 212 g/mol. The zero-order valence-corrected chi connectivity index (χ0v) is 8.68. The van der Waals surface area contributed by atoms with Gasteiger partial charge < -0.3 is 20.1 Å². The summed E-state index contributed by atoms with van der Waals surface area (Å²) < 4.78 is 5.28. The Hall–Kier alpha value is -1.10. The fourth-order valence-electron chi connectivity index (χ4n) is 1.21. The minimum atomic E-state index is -0.541. The monoisotopic (exact) mass is 212 g/mol. The van der Waals surface area contributed by atoms with Crippen LogP contribution >= 0.6 is 0 Å². The van der Waals surface area contributed by atoms with E-state index in [-0.39, 0.29) is 19.8 Å². The van der Waals surface area contributed by atoms with Crippen molar-refractivity contribution in [3.05, 3.63) is 29.3 Å². The first kappa shape index (κ1) is 12.0. The van der Waals surface area contributed by atoms with E-state index in [1.54, 1.807) is 25.1 Å². The van der Waals surface area contributed by atoms with Gasteiger partial charge in [-0.25, -0.2) is 0 Å². The summed E-state index contributed by atoms with van der Waals surface area (Å²) in [6, 6.07) is 5.07. The smallest absolute Gasteiger partial charge is 0.120 e. The van der Waals surface area contributed by atoms with E-state index in [1.807, 2.05) is 0 Å². The fraction of sp³-hybridized carbons (Fsp3) is 0.455.